The van der Waals surface area contributed by atoms with E-state index in [9.17, 15) is 18.0 Å². The van der Waals surface area contributed by atoms with E-state index in [0.717, 1.165) is 23.4 Å². The molecule has 0 bridgehead atoms. The van der Waals surface area contributed by atoms with E-state index < -0.39 is 11.7 Å². The summed E-state index contributed by atoms with van der Waals surface area (Å²) in [4.78, 5) is 16.3. The molecule has 2 aromatic rings. The summed E-state index contributed by atoms with van der Waals surface area (Å²) in [6, 6.07) is 12.3. The van der Waals surface area contributed by atoms with E-state index in [2.05, 4.69) is 20.9 Å². The third-order valence-corrected chi connectivity index (χ3v) is 4.08. The van der Waals surface area contributed by atoms with Crippen molar-refractivity contribution in [2.24, 2.45) is 4.99 Å². The molecule has 0 aromatic heterocycles. The van der Waals surface area contributed by atoms with Crippen molar-refractivity contribution >= 4 is 35.8 Å². The van der Waals surface area contributed by atoms with Gasteiger partial charge in [-0.05, 0) is 42.3 Å². The second kappa shape index (κ2) is 13.0. The van der Waals surface area contributed by atoms with Crippen molar-refractivity contribution < 1.29 is 22.7 Å². The third kappa shape index (κ3) is 9.45. The van der Waals surface area contributed by atoms with Gasteiger partial charge in [0.1, 0.15) is 5.75 Å². The van der Waals surface area contributed by atoms with Crippen LogP contribution in [0.5, 0.6) is 5.75 Å². The van der Waals surface area contributed by atoms with Gasteiger partial charge in [0.25, 0.3) is 0 Å². The third-order valence-electron chi connectivity index (χ3n) is 4.08. The SMILES string of the molecule is CCNC(=NCc1cccc(C(F)(F)F)c1)NCC(=O)NCc1ccc(OC)cc1.I. The Morgan fingerprint density at radius 3 is 2.35 bits per heavy atom. The van der Waals surface area contributed by atoms with Crippen molar-refractivity contribution in [3.63, 3.8) is 0 Å². The predicted octanol–water partition coefficient (Wildman–Crippen LogP) is 3.70. The number of hydrogen-bond donors (Lipinski definition) is 3. The first-order valence-corrected chi connectivity index (χ1v) is 9.39. The lowest BCUT2D eigenvalue weighted by atomic mass is 10.1. The molecule has 0 spiro atoms. The Hall–Kier alpha value is -2.50. The number of ether oxygens (including phenoxy) is 1. The summed E-state index contributed by atoms with van der Waals surface area (Å²) in [7, 11) is 1.58. The lowest BCUT2D eigenvalue weighted by Gasteiger charge is -2.12. The minimum Gasteiger partial charge on any atom is -0.497 e. The van der Waals surface area contributed by atoms with E-state index in [1.165, 1.54) is 6.07 Å². The average Bonchev–Trinajstić information content (AvgIpc) is 2.74. The highest BCUT2D eigenvalue weighted by Gasteiger charge is 2.30. The van der Waals surface area contributed by atoms with Crippen LogP contribution in [0.3, 0.4) is 0 Å². The molecule has 0 aliphatic rings. The molecule has 6 nitrogen and oxygen atoms in total. The summed E-state index contributed by atoms with van der Waals surface area (Å²) in [6.45, 7) is 2.78. The van der Waals surface area contributed by atoms with Gasteiger partial charge in [-0.3, -0.25) is 4.79 Å². The molecule has 0 saturated heterocycles. The number of nitrogens with one attached hydrogen (secondary N) is 3. The smallest absolute Gasteiger partial charge is 0.416 e. The standard InChI is InChI=1S/C21H25F3N4O2.HI/c1-3-25-20(27-13-16-5-4-6-17(11-16)21(22,23)24)28-14-19(29)26-12-15-7-9-18(30-2)10-8-15;/h4-11H,3,12-14H2,1-2H3,(H,26,29)(H2,25,27,28);1H. The quantitative estimate of drug-likeness (QED) is 0.266. The second-order valence-electron chi connectivity index (χ2n) is 6.37. The Morgan fingerprint density at radius 1 is 1.03 bits per heavy atom. The maximum absolute atomic E-state index is 12.8. The Kier molecular flexibility index (Phi) is 11.2. The van der Waals surface area contributed by atoms with Crippen molar-refractivity contribution in [2.75, 3.05) is 20.2 Å². The first kappa shape index (κ1) is 26.5. The monoisotopic (exact) mass is 550 g/mol. The number of amides is 1. The summed E-state index contributed by atoms with van der Waals surface area (Å²) in [5.41, 5.74) is 0.631. The molecule has 3 N–H and O–H groups in total. The number of methoxy groups -OCH3 is 1. The summed E-state index contributed by atoms with van der Waals surface area (Å²) in [5.74, 6) is 0.837. The van der Waals surface area contributed by atoms with Gasteiger partial charge in [0.05, 0.1) is 25.8 Å². The molecule has 170 valence electrons. The minimum atomic E-state index is -4.40. The number of alkyl halides is 3. The molecule has 0 aliphatic carbocycles. The summed E-state index contributed by atoms with van der Waals surface area (Å²) < 4.78 is 43.5. The topological polar surface area (TPSA) is 74.8 Å². The number of hydrogen-bond acceptors (Lipinski definition) is 3. The number of carbonyl (C=O) groups is 1. The summed E-state index contributed by atoms with van der Waals surface area (Å²) >= 11 is 0. The number of guanidine groups is 1. The number of rotatable bonds is 8. The molecule has 2 rings (SSSR count). The number of benzene rings is 2. The maximum Gasteiger partial charge on any atom is 0.416 e. The molecule has 0 saturated carbocycles. The molecular weight excluding hydrogens is 524 g/mol. The van der Waals surface area contributed by atoms with Gasteiger partial charge in [-0.2, -0.15) is 13.2 Å². The lowest BCUT2D eigenvalue weighted by Crippen LogP contribution is -2.43. The van der Waals surface area contributed by atoms with Crippen molar-refractivity contribution in [2.45, 2.75) is 26.2 Å². The van der Waals surface area contributed by atoms with E-state index in [1.807, 2.05) is 31.2 Å². The van der Waals surface area contributed by atoms with Crippen LogP contribution in [0.25, 0.3) is 0 Å². The zero-order valence-corrected chi connectivity index (χ0v) is 19.6. The molecule has 2 aromatic carbocycles. The Labute approximate surface area is 196 Å². The molecule has 31 heavy (non-hydrogen) atoms. The molecule has 0 fully saturated rings. The van der Waals surface area contributed by atoms with Gasteiger partial charge in [0, 0.05) is 13.1 Å². The highest BCUT2D eigenvalue weighted by atomic mass is 127. The van der Waals surface area contributed by atoms with Gasteiger partial charge < -0.3 is 20.7 Å². The Balaban J connectivity index is 0.00000480. The molecule has 0 heterocycles. The number of carbonyl (C=O) groups excluding carboxylic acids is 1. The largest absolute Gasteiger partial charge is 0.497 e. The zero-order valence-electron chi connectivity index (χ0n) is 17.3. The van der Waals surface area contributed by atoms with Crippen LogP contribution in [0, 0.1) is 0 Å². The number of nitrogens with zero attached hydrogens (tertiary/aromatic N) is 1. The van der Waals surface area contributed by atoms with Crippen molar-refractivity contribution in [1.29, 1.82) is 0 Å². The van der Waals surface area contributed by atoms with Crippen molar-refractivity contribution in [1.82, 2.24) is 16.0 Å². The molecule has 0 atom stereocenters. The van der Waals surface area contributed by atoms with Gasteiger partial charge in [-0.1, -0.05) is 24.3 Å². The average molecular weight is 550 g/mol. The highest BCUT2D eigenvalue weighted by molar-refractivity contribution is 14.0. The summed E-state index contributed by atoms with van der Waals surface area (Å²) in [5, 5.41) is 8.62. The molecule has 0 unspecified atom stereocenters. The van der Waals surface area contributed by atoms with Crippen LogP contribution in [0.15, 0.2) is 53.5 Å². The van der Waals surface area contributed by atoms with E-state index in [0.29, 0.717) is 24.6 Å². The van der Waals surface area contributed by atoms with Crippen LogP contribution in [-0.4, -0.2) is 32.1 Å². The lowest BCUT2D eigenvalue weighted by molar-refractivity contribution is -0.137. The van der Waals surface area contributed by atoms with Gasteiger partial charge in [0.2, 0.25) is 5.91 Å². The van der Waals surface area contributed by atoms with E-state index >= 15 is 0 Å². The van der Waals surface area contributed by atoms with Crippen molar-refractivity contribution in [3.8, 4) is 5.75 Å². The molecule has 0 aliphatic heterocycles. The van der Waals surface area contributed by atoms with Gasteiger partial charge in [-0.25, -0.2) is 4.99 Å². The van der Waals surface area contributed by atoms with Gasteiger partial charge >= 0.3 is 6.18 Å². The Bertz CT molecular complexity index is 858. The molecule has 1 amide bonds. The predicted molar refractivity (Wildman–Crippen MR) is 125 cm³/mol. The normalized spacial score (nSPS) is 11.3. The van der Waals surface area contributed by atoms with E-state index in [-0.39, 0.29) is 43.0 Å². The molecule has 0 radical (unpaired) electrons. The Morgan fingerprint density at radius 2 is 1.74 bits per heavy atom. The van der Waals surface area contributed by atoms with Crippen LogP contribution in [0.4, 0.5) is 13.2 Å². The fourth-order valence-electron chi connectivity index (χ4n) is 2.53. The number of halogens is 4. The van der Waals surface area contributed by atoms with Crippen molar-refractivity contribution in [3.05, 3.63) is 65.2 Å². The van der Waals surface area contributed by atoms with Gasteiger partial charge in [-0.15, -0.1) is 24.0 Å². The van der Waals surface area contributed by atoms with Crippen LogP contribution >= 0.6 is 24.0 Å². The fraction of sp³-hybridized carbons (Fsp3) is 0.333. The van der Waals surface area contributed by atoms with E-state index in [4.69, 9.17) is 4.74 Å². The van der Waals surface area contributed by atoms with Crippen LogP contribution in [0.1, 0.15) is 23.6 Å². The first-order chi connectivity index (χ1) is 14.3. The summed E-state index contributed by atoms with van der Waals surface area (Å²) in [6.07, 6.45) is -4.40. The van der Waals surface area contributed by atoms with Crippen LogP contribution in [-0.2, 0) is 24.1 Å². The minimum absolute atomic E-state index is 0. The molecular formula is C21H26F3IN4O2. The first-order valence-electron chi connectivity index (χ1n) is 9.39. The van der Waals surface area contributed by atoms with Gasteiger partial charge in [0.15, 0.2) is 5.96 Å². The second-order valence-corrected chi connectivity index (χ2v) is 6.37. The van der Waals surface area contributed by atoms with Crippen LogP contribution < -0.4 is 20.7 Å². The maximum atomic E-state index is 12.8. The van der Waals surface area contributed by atoms with E-state index in [1.54, 1.807) is 13.2 Å². The molecule has 10 heteroatoms. The van der Waals surface area contributed by atoms with Crippen LogP contribution in [0.2, 0.25) is 0 Å². The zero-order chi connectivity index (χ0) is 22.0. The fourth-order valence-corrected chi connectivity index (χ4v) is 2.53. The highest BCUT2D eigenvalue weighted by Crippen LogP contribution is 2.29. The number of aliphatic imine (C=N–C) groups is 1.